The highest BCUT2D eigenvalue weighted by molar-refractivity contribution is 6.02. The Balaban J connectivity index is 1.73. The number of carbonyl (C=O) groups is 2. The minimum atomic E-state index is -0.315. The van der Waals surface area contributed by atoms with Gasteiger partial charge in [-0.3, -0.25) is 9.59 Å². The summed E-state index contributed by atoms with van der Waals surface area (Å²) >= 11 is 0. The number of ether oxygens (including phenoxy) is 4. The van der Waals surface area contributed by atoms with Gasteiger partial charge in [0.15, 0.2) is 17.3 Å². The van der Waals surface area contributed by atoms with Gasteiger partial charge in [0.1, 0.15) is 5.75 Å². The van der Waals surface area contributed by atoms with Crippen LogP contribution in [0.5, 0.6) is 23.0 Å². The molecule has 0 saturated heterocycles. The van der Waals surface area contributed by atoms with E-state index in [1.807, 2.05) is 43.3 Å². The highest BCUT2D eigenvalue weighted by atomic mass is 16.5. The smallest absolute Gasteiger partial charge is 0.225 e. The van der Waals surface area contributed by atoms with Gasteiger partial charge >= 0.3 is 0 Å². The number of rotatable bonds is 7. The summed E-state index contributed by atoms with van der Waals surface area (Å²) < 4.78 is 22.2. The third-order valence-electron chi connectivity index (χ3n) is 6.29. The highest BCUT2D eigenvalue weighted by Crippen LogP contribution is 2.47. The molecule has 1 aliphatic heterocycles. The van der Waals surface area contributed by atoms with Gasteiger partial charge < -0.3 is 24.3 Å². The molecule has 0 saturated carbocycles. The number of nitrogens with one attached hydrogen (secondary N) is 1. The van der Waals surface area contributed by atoms with E-state index in [-0.39, 0.29) is 29.9 Å². The number of Topliss-reactive ketones (excluding diaryl/α,β-unsaturated/α-hetero) is 1. The average molecular weight is 452 g/mol. The molecule has 2 aromatic carbocycles. The number of ketones is 1. The van der Waals surface area contributed by atoms with Crippen LogP contribution in [-0.4, -0.2) is 39.6 Å². The quantitative estimate of drug-likeness (QED) is 0.682. The van der Waals surface area contributed by atoms with Crippen LogP contribution in [0.2, 0.25) is 0 Å². The number of hydrogen-bond donors (Lipinski definition) is 1. The molecule has 174 valence electrons. The molecule has 0 fully saturated rings. The molecule has 0 aromatic heterocycles. The van der Waals surface area contributed by atoms with Crippen molar-refractivity contribution < 1.29 is 28.5 Å². The van der Waals surface area contributed by atoms with Gasteiger partial charge in [-0.2, -0.15) is 0 Å². The lowest BCUT2D eigenvalue weighted by atomic mass is 9.73. The Hall–Kier alpha value is -3.48. The predicted molar refractivity (Wildman–Crippen MR) is 123 cm³/mol. The van der Waals surface area contributed by atoms with Crippen LogP contribution in [0.3, 0.4) is 0 Å². The summed E-state index contributed by atoms with van der Waals surface area (Å²) in [5.41, 5.74) is 3.15. The highest BCUT2D eigenvalue weighted by Gasteiger charge is 2.39. The van der Waals surface area contributed by atoms with Crippen molar-refractivity contribution in [2.75, 3.05) is 27.9 Å². The van der Waals surface area contributed by atoms with Crippen LogP contribution in [0.4, 0.5) is 0 Å². The number of para-hydroxylation sites is 1. The maximum Gasteiger partial charge on any atom is 0.225 e. The minimum absolute atomic E-state index is 0.0336. The fraction of sp³-hybridized carbons (Fsp3) is 0.385. The van der Waals surface area contributed by atoms with E-state index < -0.39 is 0 Å². The van der Waals surface area contributed by atoms with E-state index in [0.717, 1.165) is 11.1 Å². The third kappa shape index (κ3) is 4.27. The number of methoxy groups -OCH3 is 3. The van der Waals surface area contributed by atoms with E-state index in [1.54, 1.807) is 21.3 Å². The SMILES string of the molecule is CCOc1ccccc1[C@H]1CC(=O)NC2=C1C(=O)C[C@H](c1cc(OC)c(OC)c(OC)c1)C2. The summed E-state index contributed by atoms with van der Waals surface area (Å²) in [5, 5.41) is 2.97. The summed E-state index contributed by atoms with van der Waals surface area (Å²) in [7, 11) is 4.68. The first-order chi connectivity index (χ1) is 16.0. The molecule has 2 aromatic rings. The Labute approximate surface area is 193 Å². The summed E-state index contributed by atoms with van der Waals surface area (Å²) in [4.78, 5) is 26.1. The van der Waals surface area contributed by atoms with Gasteiger partial charge in [-0.25, -0.2) is 0 Å². The van der Waals surface area contributed by atoms with E-state index in [9.17, 15) is 9.59 Å². The summed E-state index contributed by atoms with van der Waals surface area (Å²) in [5.74, 6) is 1.80. The molecule has 2 aliphatic rings. The van der Waals surface area contributed by atoms with Gasteiger partial charge in [0, 0.05) is 35.6 Å². The maximum absolute atomic E-state index is 13.5. The lowest BCUT2D eigenvalue weighted by Gasteiger charge is -2.35. The molecule has 1 aliphatic carbocycles. The van der Waals surface area contributed by atoms with Crippen molar-refractivity contribution in [3.05, 3.63) is 58.8 Å². The van der Waals surface area contributed by atoms with Gasteiger partial charge in [-0.1, -0.05) is 18.2 Å². The molecule has 2 atom stereocenters. The van der Waals surface area contributed by atoms with Crippen LogP contribution in [0.15, 0.2) is 47.7 Å². The summed E-state index contributed by atoms with van der Waals surface area (Å²) in [6.45, 7) is 2.43. The Morgan fingerprint density at radius 2 is 1.61 bits per heavy atom. The molecule has 0 unspecified atom stereocenters. The van der Waals surface area contributed by atoms with Crippen molar-refractivity contribution in [1.82, 2.24) is 5.32 Å². The van der Waals surface area contributed by atoms with Crippen LogP contribution in [0.25, 0.3) is 0 Å². The number of benzene rings is 2. The molecule has 4 rings (SSSR count). The van der Waals surface area contributed by atoms with Crippen molar-refractivity contribution in [3.8, 4) is 23.0 Å². The molecule has 7 nitrogen and oxygen atoms in total. The minimum Gasteiger partial charge on any atom is -0.494 e. The molecule has 1 heterocycles. The van der Waals surface area contributed by atoms with Crippen molar-refractivity contribution in [3.63, 3.8) is 0 Å². The fourth-order valence-corrected chi connectivity index (χ4v) is 4.85. The number of carbonyl (C=O) groups excluding carboxylic acids is 2. The van der Waals surface area contributed by atoms with E-state index in [1.165, 1.54) is 0 Å². The standard InChI is InChI=1S/C26H29NO6/c1-5-33-21-9-7-6-8-17(21)18-14-24(29)27-19-10-15(11-20(28)25(18)19)16-12-22(30-2)26(32-4)23(13-16)31-3/h6-9,12-13,15,18H,5,10-11,14H2,1-4H3,(H,27,29)/t15-,18-/m1/s1. The molecule has 0 radical (unpaired) electrons. The Bertz CT molecular complexity index is 1080. The van der Waals surface area contributed by atoms with Crippen LogP contribution < -0.4 is 24.3 Å². The van der Waals surface area contributed by atoms with Crippen LogP contribution >= 0.6 is 0 Å². The first-order valence-electron chi connectivity index (χ1n) is 11.1. The van der Waals surface area contributed by atoms with Gasteiger partial charge in [-0.05, 0) is 43.0 Å². The Morgan fingerprint density at radius 3 is 2.24 bits per heavy atom. The molecular formula is C26H29NO6. The van der Waals surface area contributed by atoms with Gasteiger partial charge in [0.2, 0.25) is 11.7 Å². The maximum atomic E-state index is 13.5. The second-order valence-electron chi connectivity index (χ2n) is 8.15. The Morgan fingerprint density at radius 1 is 0.909 bits per heavy atom. The van der Waals surface area contributed by atoms with Crippen LogP contribution in [-0.2, 0) is 9.59 Å². The molecule has 0 bridgehead atoms. The molecule has 1 N–H and O–H groups in total. The second-order valence-corrected chi connectivity index (χ2v) is 8.15. The zero-order valence-corrected chi connectivity index (χ0v) is 19.4. The normalized spacial score (nSPS) is 20.1. The van der Waals surface area contributed by atoms with Crippen molar-refractivity contribution in [2.24, 2.45) is 0 Å². The van der Waals surface area contributed by atoms with Gasteiger partial charge in [-0.15, -0.1) is 0 Å². The molecular weight excluding hydrogens is 422 g/mol. The predicted octanol–water partition coefficient (Wildman–Crippen LogP) is 4.12. The third-order valence-corrected chi connectivity index (χ3v) is 6.29. The van der Waals surface area contributed by atoms with E-state index in [0.29, 0.717) is 53.7 Å². The zero-order valence-electron chi connectivity index (χ0n) is 19.4. The molecule has 0 spiro atoms. The summed E-state index contributed by atoms with van der Waals surface area (Å²) in [6.07, 6.45) is 1.10. The molecule has 33 heavy (non-hydrogen) atoms. The van der Waals surface area contributed by atoms with Crippen molar-refractivity contribution in [1.29, 1.82) is 0 Å². The average Bonchev–Trinajstić information content (AvgIpc) is 2.82. The number of hydrogen-bond acceptors (Lipinski definition) is 6. The largest absolute Gasteiger partial charge is 0.494 e. The van der Waals surface area contributed by atoms with Crippen LogP contribution in [0.1, 0.15) is 49.1 Å². The lowest BCUT2D eigenvalue weighted by Crippen LogP contribution is -2.38. The van der Waals surface area contributed by atoms with Crippen LogP contribution in [0, 0.1) is 0 Å². The summed E-state index contributed by atoms with van der Waals surface area (Å²) in [6, 6.07) is 11.4. The van der Waals surface area contributed by atoms with Crippen molar-refractivity contribution in [2.45, 2.75) is 38.0 Å². The number of allylic oxidation sites excluding steroid dienone is 2. The lowest BCUT2D eigenvalue weighted by molar-refractivity contribution is -0.122. The molecule has 7 heteroatoms. The Kier molecular flexibility index (Phi) is 6.58. The van der Waals surface area contributed by atoms with E-state index in [2.05, 4.69) is 5.32 Å². The van der Waals surface area contributed by atoms with E-state index in [4.69, 9.17) is 18.9 Å². The van der Waals surface area contributed by atoms with Gasteiger partial charge in [0.05, 0.1) is 27.9 Å². The monoisotopic (exact) mass is 451 g/mol. The number of amides is 1. The van der Waals surface area contributed by atoms with Crippen molar-refractivity contribution >= 4 is 11.7 Å². The fourth-order valence-electron chi connectivity index (χ4n) is 4.85. The topological polar surface area (TPSA) is 83.1 Å². The first-order valence-corrected chi connectivity index (χ1v) is 11.1. The zero-order chi connectivity index (χ0) is 23.5. The first kappa shape index (κ1) is 22.7. The van der Waals surface area contributed by atoms with E-state index >= 15 is 0 Å². The molecule has 1 amide bonds. The van der Waals surface area contributed by atoms with Gasteiger partial charge in [0.25, 0.3) is 0 Å². The second kappa shape index (κ2) is 9.57.